The standard InChI is InChI=1S/C21H19ClN2O7S/c1-12(24-32(28,29)17-6-3-15(22)4-7-17)21(27)30-11-14-9-20(26)31-19-10-16(23-13(2)25)5-8-18(14)19/h3-10,12,24H,11H2,1-2H3,(H,23,25)/t12-/m0/s1. The number of ether oxygens (including phenoxy) is 1. The van der Waals surface area contributed by atoms with Crippen molar-refractivity contribution in [3.05, 3.63) is 69.5 Å². The maximum absolute atomic E-state index is 12.4. The van der Waals surface area contributed by atoms with Crippen molar-refractivity contribution in [3.8, 4) is 0 Å². The molecular formula is C21H19ClN2O7S. The van der Waals surface area contributed by atoms with Gasteiger partial charge in [0.05, 0.1) is 4.90 Å². The Kier molecular flexibility index (Phi) is 6.97. The van der Waals surface area contributed by atoms with E-state index in [-0.39, 0.29) is 23.0 Å². The Hall–Kier alpha value is -3.21. The Balaban J connectivity index is 1.72. The number of halogens is 1. The van der Waals surface area contributed by atoms with Crippen LogP contribution in [0.15, 0.2) is 62.6 Å². The second-order valence-corrected chi connectivity index (χ2v) is 9.04. The first-order valence-corrected chi connectivity index (χ1v) is 11.2. The summed E-state index contributed by atoms with van der Waals surface area (Å²) in [6.45, 7) is 2.40. The molecule has 0 bridgehead atoms. The summed E-state index contributed by atoms with van der Waals surface area (Å²) in [5.41, 5.74) is 0.338. The Morgan fingerprint density at radius 2 is 1.81 bits per heavy atom. The molecule has 0 radical (unpaired) electrons. The van der Waals surface area contributed by atoms with Gasteiger partial charge in [-0.3, -0.25) is 9.59 Å². The van der Waals surface area contributed by atoms with Gasteiger partial charge < -0.3 is 14.5 Å². The third kappa shape index (κ3) is 5.72. The molecule has 1 heterocycles. The van der Waals surface area contributed by atoms with E-state index in [4.69, 9.17) is 20.8 Å². The van der Waals surface area contributed by atoms with E-state index >= 15 is 0 Å². The number of anilines is 1. The van der Waals surface area contributed by atoms with Gasteiger partial charge in [-0.2, -0.15) is 4.72 Å². The molecule has 0 unspecified atom stereocenters. The van der Waals surface area contributed by atoms with E-state index in [1.54, 1.807) is 12.1 Å². The van der Waals surface area contributed by atoms with Crippen molar-refractivity contribution >= 4 is 50.2 Å². The minimum atomic E-state index is -3.97. The first-order chi connectivity index (χ1) is 15.0. The number of rotatable bonds is 7. The lowest BCUT2D eigenvalue weighted by molar-refractivity contribution is -0.146. The van der Waals surface area contributed by atoms with Crippen molar-refractivity contribution in [3.63, 3.8) is 0 Å². The van der Waals surface area contributed by atoms with Crippen LogP contribution >= 0.6 is 11.6 Å². The van der Waals surface area contributed by atoms with Crippen LogP contribution in [0.25, 0.3) is 11.0 Å². The molecule has 0 saturated carbocycles. The van der Waals surface area contributed by atoms with Crippen molar-refractivity contribution in [1.29, 1.82) is 0 Å². The Morgan fingerprint density at radius 1 is 1.12 bits per heavy atom. The van der Waals surface area contributed by atoms with Gasteiger partial charge in [0.2, 0.25) is 15.9 Å². The quantitative estimate of drug-likeness (QED) is 0.394. The predicted octanol–water partition coefficient (Wildman–Crippen LogP) is 2.82. The summed E-state index contributed by atoms with van der Waals surface area (Å²) in [6.07, 6.45) is 0. The number of hydrogen-bond donors (Lipinski definition) is 2. The van der Waals surface area contributed by atoms with Gasteiger partial charge in [0.25, 0.3) is 0 Å². The Morgan fingerprint density at radius 3 is 2.47 bits per heavy atom. The molecule has 168 valence electrons. The van der Waals surface area contributed by atoms with Crippen LogP contribution in [0.5, 0.6) is 0 Å². The normalized spacial score (nSPS) is 12.3. The van der Waals surface area contributed by atoms with Crippen LogP contribution in [-0.4, -0.2) is 26.3 Å². The topological polar surface area (TPSA) is 132 Å². The van der Waals surface area contributed by atoms with Crippen molar-refractivity contribution < 1.29 is 27.2 Å². The van der Waals surface area contributed by atoms with Crippen molar-refractivity contribution in [2.45, 2.75) is 31.4 Å². The SMILES string of the molecule is CC(=O)Nc1ccc2c(COC(=O)[C@H](C)NS(=O)(=O)c3ccc(Cl)cc3)cc(=O)oc2c1. The lowest BCUT2D eigenvalue weighted by Crippen LogP contribution is -2.39. The Labute approximate surface area is 188 Å². The van der Waals surface area contributed by atoms with Crippen LogP contribution in [0.3, 0.4) is 0 Å². The van der Waals surface area contributed by atoms with Crippen LogP contribution in [0.2, 0.25) is 5.02 Å². The van der Waals surface area contributed by atoms with Crippen LogP contribution in [0.1, 0.15) is 19.4 Å². The summed E-state index contributed by atoms with van der Waals surface area (Å²) in [5, 5.41) is 3.46. The molecular weight excluding hydrogens is 460 g/mol. The summed E-state index contributed by atoms with van der Waals surface area (Å²) < 4.78 is 37.4. The minimum absolute atomic E-state index is 0.0526. The van der Waals surface area contributed by atoms with Crippen LogP contribution in [-0.2, 0) is 31.0 Å². The summed E-state index contributed by atoms with van der Waals surface area (Å²) in [6, 6.07) is 10.2. The molecule has 0 aliphatic rings. The fraction of sp³-hybridized carbons (Fsp3) is 0.190. The molecule has 1 atom stereocenters. The average molecular weight is 479 g/mol. The highest BCUT2D eigenvalue weighted by Crippen LogP contribution is 2.22. The van der Waals surface area contributed by atoms with Crippen LogP contribution in [0.4, 0.5) is 5.69 Å². The number of esters is 1. The van der Waals surface area contributed by atoms with E-state index < -0.39 is 27.7 Å². The number of hydrogen-bond acceptors (Lipinski definition) is 7. The van der Waals surface area contributed by atoms with E-state index in [2.05, 4.69) is 10.0 Å². The number of benzene rings is 2. The first kappa shape index (κ1) is 23.5. The highest BCUT2D eigenvalue weighted by Gasteiger charge is 2.23. The zero-order valence-electron chi connectivity index (χ0n) is 17.0. The van der Waals surface area contributed by atoms with Gasteiger partial charge in [-0.25, -0.2) is 13.2 Å². The molecule has 9 nitrogen and oxygen atoms in total. The lowest BCUT2D eigenvalue weighted by Gasteiger charge is -2.14. The number of sulfonamides is 1. The highest BCUT2D eigenvalue weighted by atomic mass is 35.5. The van der Waals surface area contributed by atoms with Crippen molar-refractivity contribution in [2.75, 3.05) is 5.32 Å². The van der Waals surface area contributed by atoms with Gasteiger partial charge in [0.15, 0.2) is 0 Å². The first-order valence-electron chi connectivity index (χ1n) is 9.34. The molecule has 3 rings (SSSR count). The molecule has 1 aromatic heterocycles. The van der Waals surface area contributed by atoms with Gasteiger partial charge in [-0.15, -0.1) is 0 Å². The number of amides is 1. The van der Waals surface area contributed by atoms with E-state index in [0.29, 0.717) is 21.7 Å². The van der Waals surface area contributed by atoms with Crippen LogP contribution in [0, 0.1) is 0 Å². The number of nitrogens with one attached hydrogen (secondary N) is 2. The van der Waals surface area contributed by atoms with Crippen molar-refractivity contribution in [2.24, 2.45) is 0 Å². The van der Waals surface area contributed by atoms with Gasteiger partial charge in [0, 0.05) is 40.7 Å². The average Bonchev–Trinajstić information content (AvgIpc) is 2.70. The molecule has 32 heavy (non-hydrogen) atoms. The van der Waals surface area contributed by atoms with Gasteiger partial charge >= 0.3 is 11.6 Å². The Bertz CT molecular complexity index is 1330. The van der Waals surface area contributed by atoms with E-state index in [1.807, 2.05) is 0 Å². The molecule has 0 aliphatic carbocycles. The molecule has 0 saturated heterocycles. The third-order valence-corrected chi connectivity index (χ3v) is 6.14. The largest absolute Gasteiger partial charge is 0.460 e. The second-order valence-electron chi connectivity index (χ2n) is 6.89. The summed E-state index contributed by atoms with van der Waals surface area (Å²) in [4.78, 5) is 35.4. The molecule has 1 amide bonds. The number of carbonyl (C=O) groups is 2. The number of carbonyl (C=O) groups excluding carboxylic acids is 2. The molecule has 2 N–H and O–H groups in total. The molecule has 0 spiro atoms. The minimum Gasteiger partial charge on any atom is -0.460 e. The highest BCUT2D eigenvalue weighted by molar-refractivity contribution is 7.89. The second kappa shape index (κ2) is 9.51. The fourth-order valence-electron chi connectivity index (χ4n) is 2.87. The van der Waals surface area contributed by atoms with E-state index in [0.717, 1.165) is 0 Å². The van der Waals surface area contributed by atoms with Crippen LogP contribution < -0.4 is 15.7 Å². The molecule has 2 aromatic carbocycles. The summed E-state index contributed by atoms with van der Waals surface area (Å²) >= 11 is 5.76. The predicted molar refractivity (Wildman–Crippen MR) is 118 cm³/mol. The summed E-state index contributed by atoms with van der Waals surface area (Å²) in [5.74, 6) is -1.12. The monoisotopic (exact) mass is 478 g/mol. The van der Waals surface area contributed by atoms with Gasteiger partial charge in [-0.05, 0) is 43.3 Å². The maximum atomic E-state index is 12.4. The summed E-state index contributed by atoms with van der Waals surface area (Å²) in [7, 11) is -3.97. The van der Waals surface area contributed by atoms with E-state index in [1.165, 1.54) is 50.2 Å². The molecule has 11 heteroatoms. The molecule has 0 aliphatic heterocycles. The smallest absolute Gasteiger partial charge is 0.336 e. The molecule has 3 aromatic rings. The maximum Gasteiger partial charge on any atom is 0.336 e. The third-order valence-electron chi connectivity index (χ3n) is 4.33. The van der Waals surface area contributed by atoms with E-state index in [9.17, 15) is 22.8 Å². The zero-order chi connectivity index (χ0) is 23.5. The fourth-order valence-corrected chi connectivity index (χ4v) is 4.18. The zero-order valence-corrected chi connectivity index (χ0v) is 18.6. The van der Waals surface area contributed by atoms with Gasteiger partial charge in [-0.1, -0.05) is 11.6 Å². The van der Waals surface area contributed by atoms with Gasteiger partial charge in [0.1, 0.15) is 18.2 Å². The lowest BCUT2D eigenvalue weighted by atomic mass is 10.1. The van der Waals surface area contributed by atoms with Crippen molar-refractivity contribution in [1.82, 2.24) is 4.72 Å². The molecule has 0 fully saturated rings. The number of fused-ring (bicyclic) bond motifs is 1.